The molecular formula is C25H41N3OS. The molecule has 2 aliphatic rings. The number of rotatable bonds is 9. The molecular weight excluding hydrogens is 390 g/mol. The van der Waals surface area contributed by atoms with Crippen LogP contribution in [0.4, 0.5) is 0 Å². The van der Waals surface area contributed by atoms with Crippen molar-refractivity contribution in [1.82, 2.24) is 15.5 Å². The standard InChI is InChI=1S/C25H41N3OS/c1-23(2,30-5)22(29)26-19-24(27-18-20-10-9-11-20)14-16-25(17-15-24,28(3)4)21-12-7-6-8-13-21/h6-8,12-13,20,27H,9-11,14-19H2,1-5H3,(H,26,29). The van der Waals surface area contributed by atoms with Gasteiger partial charge in [-0.25, -0.2) is 0 Å². The summed E-state index contributed by atoms with van der Waals surface area (Å²) in [5, 5.41) is 7.25. The molecule has 0 atom stereocenters. The Morgan fingerprint density at radius 3 is 2.27 bits per heavy atom. The van der Waals surface area contributed by atoms with Crippen LogP contribution in [-0.2, 0) is 10.3 Å². The van der Waals surface area contributed by atoms with Gasteiger partial charge in [-0.3, -0.25) is 9.69 Å². The number of thioether (sulfide) groups is 1. The van der Waals surface area contributed by atoms with E-state index in [9.17, 15) is 4.79 Å². The molecule has 0 heterocycles. The first-order chi connectivity index (χ1) is 14.2. The molecule has 1 amide bonds. The minimum absolute atomic E-state index is 0.00592. The topological polar surface area (TPSA) is 44.4 Å². The van der Waals surface area contributed by atoms with Gasteiger partial charge in [0.15, 0.2) is 0 Å². The fourth-order valence-electron chi connectivity index (χ4n) is 4.91. The van der Waals surface area contributed by atoms with E-state index in [1.807, 2.05) is 20.1 Å². The first-order valence-corrected chi connectivity index (χ1v) is 12.8. The van der Waals surface area contributed by atoms with Gasteiger partial charge in [-0.1, -0.05) is 36.8 Å². The van der Waals surface area contributed by atoms with Crippen molar-refractivity contribution in [1.29, 1.82) is 0 Å². The molecule has 0 aromatic heterocycles. The Hall–Kier alpha value is -1.04. The molecule has 0 spiro atoms. The number of benzene rings is 1. The highest BCUT2D eigenvalue weighted by Gasteiger charge is 2.45. The smallest absolute Gasteiger partial charge is 0.235 e. The predicted octanol–water partition coefficient (Wildman–Crippen LogP) is 4.40. The molecule has 2 aliphatic carbocycles. The molecule has 3 rings (SSSR count). The summed E-state index contributed by atoms with van der Waals surface area (Å²) in [4.78, 5) is 15.2. The van der Waals surface area contributed by atoms with E-state index in [-0.39, 0.29) is 21.7 Å². The van der Waals surface area contributed by atoms with Gasteiger partial charge in [0.05, 0.1) is 4.75 Å². The number of amides is 1. The van der Waals surface area contributed by atoms with Gasteiger partial charge >= 0.3 is 0 Å². The summed E-state index contributed by atoms with van der Waals surface area (Å²) in [6, 6.07) is 11.0. The molecule has 2 fully saturated rings. The summed E-state index contributed by atoms with van der Waals surface area (Å²) >= 11 is 1.61. The minimum Gasteiger partial charge on any atom is -0.353 e. The molecule has 0 bridgehead atoms. The number of nitrogens with zero attached hydrogens (tertiary/aromatic N) is 1. The van der Waals surface area contributed by atoms with Gasteiger partial charge < -0.3 is 10.6 Å². The van der Waals surface area contributed by atoms with Crippen molar-refractivity contribution in [3.63, 3.8) is 0 Å². The van der Waals surface area contributed by atoms with Gasteiger partial charge in [0.1, 0.15) is 0 Å². The van der Waals surface area contributed by atoms with Crippen molar-refractivity contribution in [2.45, 2.75) is 74.6 Å². The Morgan fingerprint density at radius 2 is 1.77 bits per heavy atom. The van der Waals surface area contributed by atoms with Crippen molar-refractivity contribution in [3.05, 3.63) is 35.9 Å². The zero-order chi connectivity index (χ0) is 21.8. The third-order valence-corrected chi connectivity index (χ3v) is 9.04. The van der Waals surface area contributed by atoms with Crippen LogP contribution in [0.5, 0.6) is 0 Å². The number of nitrogens with one attached hydrogen (secondary N) is 2. The molecule has 0 aliphatic heterocycles. The lowest BCUT2D eigenvalue weighted by Crippen LogP contribution is -2.61. The lowest BCUT2D eigenvalue weighted by atomic mass is 9.68. The second-order valence-corrected chi connectivity index (χ2v) is 11.6. The van der Waals surface area contributed by atoms with Crippen LogP contribution < -0.4 is 10.6 Å². The summed E-state index contributed by atoms with van der Waals surface area (Å²) in [7, 11) is 4.43. The average Bonchev–Trinajstić information content (AvgIpc) is 2.72. The normalized spacial score (nSPS) is 27.7. The number of hydrogen-bond donors (Lipinski definition) is 2. The lowest BCUT2D eigenvalue weighted by Gasteiger charge is -2.51. The molecule has 0 radical (unpaired) electrons. The van der Waals surface area contributed by atoms with Crippen LogP contribution in [0.1, 0.15) is 64.4 Å². The van der Waals surface area contributed by atoms with E-state index in [0.29, 0.717) is 0 Å². The molecule has 5 heteroatoms. The Labute approximate surface area is 187 Å². The highest BCUT2D eigenvalue weighted by molar-refractivity contribution is 8.00. The van der Waals surface area contributed by atoms with Crippen LogP contribution in [0, 0.1) is 5.92 Å². The fourth-order valence-corrected chi connectivity index (χ4v) is 5.17. The number of hydrogen-bond acceptors (Lipinski definition) is 4. The van der Waals surface area contributed by atoms with Gasteiger partial charge in [0.2, 0.25) is 5.91 Å². The van der Waals surface area contributed by atoms with E-state index >= 15 is 0 Å². The Kier molecular flexibility index (Phi) is 7.57. The maximum Gasteiger partial charge on any atom is 0.235 e. The first-order valence-electron chi connectivity index (χ1n) is 11.5. The molecule has 168 valence electrons. The largest absolute Gasteiger partial charge is 0.353 e. The van der Waals surface area contributed by atoms with E-state index < -0.39 is 0 Å². The third kappa shape index (κ3) is 5.05. The van der Waals surface area contributed by atoms with Crippen LogP contribution >= 0.6 is 11.8 Å². The number of carbonyl (C=O) groups excluding carboxylic acids is 1. The highest BCUT2D eigenvalue weighted by atomic mass is 32.2. The van der Waals surface area contributed by atoms with E-state index in [2.05, 4.69) is 60.0 Å². The maximum absolute atomic E-state index is 12.8. The third-order valence-electron chi connectivity index (χ3n) is 7.84. The van der Waals surface area contributed by atoms with Crippen LogP contribution in [0.2, 0.25) is 0 Å². The van der Waals surface area contributed by atoms with Gasteiger partial charge in [-0.05, 0) is 90.7 Å². The van der Waals surface area contributed by atoms with Crippen LogP contribution in [0.15, 0.2) is 30.3 Å². The molecule has 1 aromatic carbocycles. The van der Waals surface area contributed by atoms with Crippen LogP contribution in [-0.4, -0.2) is 54.5 Å². The highest BCUT2D eigenvalue weighted by Crippen LogP contribution is 2.44. The zero-order valence-corrected chi connectivity index (χ0v) is 20.4. The Balaban J connectivity index is 1.74. The van der Waals surface area contributed by atoms with Gasteiger partial charge in [0, 0.05) is 17.6 Å². The SMILES string of the molecule is CSC(C)(C)C(=O)NCC1(NCC2CCC2)CCC(c2ccccc2)(N(C)C)CC1. The van der Waals surface area contributed by atoms with Crippen LogP contribution in [0.3, 0.4) is 0 Å². The summed E-state index contributed by atoms with van der Waals surface area (Å²) < 4.78 is -0.388. The summed E-state index contributed by atoms with van der Waals surface area (Å²) in [6.45, 7) is 5.83. The zero-order valence-electron chi connectivity index (χ0n) is 19.6. The molecule has 30 heavy (non-hydrogen) atoms. The van der Waals surface area contributed by atoms with Crippen molar-refractivity contribution in [2.75, 3.05) is 33.4 Å². The summed E-state index contributed by atoms with van der Waals surface area (Å²) in [5.41, 5.74) is 1.48. The molecule has 1 aromatic rings. The molecule has 2 N–H and O–H groups in total. The van der Waals surface area contributed by atoms with Crippen molar-refractivity contribution in [3.8, 4) is 0 Å². The Morgan fingerprint density at radius 1 is 1.13 bits per heavy atom. The first kappa shape index (κ1) is 23.6. The second-order valence-electron chi connectivity index (χ2n) is 10.1. The van der Waals surface area contributed by atoms with E-state index in [1.165, 1.54) is 24.8 Å². The minimum atomic E-state index is -0.388. The van der Waals surface area contributed by atoms with E-state index in [0.717, 1.165) is 44.7 Å². The molecule has 0 unspecified atom stereocenters. The van der Waals surface area contributed by atoms with Crippen molar-refractivity contribution in [2.24, 2.45) is 5.92 Å². The van der Waals surface area contributed by atoms with Crippen LogP contribution in [0.25, 0.3) is 0 Å². The number of carbonyl (C=O) groups is 1. The molecule has 2 saturated carbocycles. The summed E-state index contributed by atoms with van der Waals surface area (Å²) in [6.07, 6.45) is 10.4. The van der Waals surface area contributed by atoms with Crippen molar-refractivity contribution >= 4 is 17.7 Å². The van der Waals surface area contributed by atoms with Gasteiger partial charge in [-0.2, -0.15) is 0 Å². The maximum atomic E-state index is 12.8. The summed E-state index contributed by atoms with van der Waals surface area (Å²) in [5.74, 6) is 0.960. The fraction of sp³-hybridized carbons (Fsp3) is 0.720. The van der Waals surface area contributed by atoms with Crippen molar-refractivity contribution < 1.29 is 4.79 Å². The average molecular weight is 432 g/mol. The molecule has 4 nitrogen and oxygen atoms in total. The quantitative estimate of drug-likeness (QED) is 0.608. The van der Waals surface area contributed by atoms with Gasteiger partial charge in [0.25, 0.3) is 0 Å². The second kappa shape index (κ2) is 9.62. The van der Waals surface area contributed by atoms with E-state index in [4.69, 9.17) is 0 Å². The van der Waals surface area contributed by atoms with E-state index in [1.54, 1.807) is 11.8 Å². The van der Waals surface area contributed by atoms with Gasteiger partial charge in [-0.15, -0.1) is 11.8 Å². The Bertz CT molecular complexity index is 692. The lowest BCUT2D eigenvalue weighted by molar-refractivity contribution is -0.123. The monoisotopic (exact) mass is 431 g/mol. The molecule has 0 saturated heterocycles. The predicted molar refractivity (Wildman–Crippen MR) is 129 cm³/mol.